The zero-order chi connectivity index (χ0) is 18.8. The number of aryl methyl sites for hydroxylation is 1. The summed E-state index contributed by atoms with van der Waals surface area (Å²) in [7, 11) is 0. The molecule has 0 aliphatic carbocycles. The van der Waals surface area contributed by atoms with Crippen molar-refractivity contribution in [2.45, 2.75) is 6.92 Å². The van der Waals surface area contributed by atoms with E-state index in [4.69, 9.17) is 0 Å². The van der Waals surface area contributed by atoms with Crippen molar-refractivity contribution in [1.29, 1.82) is 0 Å². The van der Waals surface area contributed by atoms with E-state index in [-0.39, 0.29) is 5.56 Å². The van der Waals surface area contributed by atoms with E-state index in [1.54, 1.807) is 12.1 Å². The number of hydrogen-bond acceptors (Lipinski definition) is 0. The fraction of sp³-hybridized carbons (Fsp3) is 0.0476. The van der Waals surface area contributed by atoms with Gasteiger partial charge in [-0.2, -0.15) is 0 Å². The van der Waals surface area contributed by atoms with Crippen LogP contribution in [0.15, 0.2) is 48.5 Å². The van der Waals surface area contributed by atoms with Crippen LogP contribution in [0.3, 0.4) is 0 Å². The van der Waals surface area contributed by atoms with Crippen molar-refractivity contribution < 1.29 is 22.0 Å². The van der Waals surface area contributed by atoms with Crippen molar-refractivity contribution in [3.8, 4) is 23.0 Å². The molecule has 0 fully saturated rings. The molecule has 3 aromatic rings. The molecule has 0 spiro atoms. The minimum absolute atomic E-state index is 0.234. The summed E-state index contributed by atoms with van der Waals surface area (Å²) < 4.78 is 67.7. The molecule has 0 heterocycles. The van der Waals surface area contributed by atoms with E-state index in [9.17, 15) is 22.0 Å². The van der Waals surface area contributed by atoms with Gasteiger partial charge in [0, 0.05) is 5.56 Å². The maximum atomic E-state index is 14.3. The van der Waals surface area contributed by atoms with Crippen LogP contribution in [0.2, 0.25) is 0 Å². The van der Waals surface area contributed by atoms with Crippen molar-refractivity contribution in [2.75, 3.05) is 0 Å². The van der Waals surface area contributed by atoms with Gasteiger partial charge in [0.05, 0.1) is 5.56 Å². The standard InChI is InChI=1S/C21H11F5/c1-12-2-5-14(6-3-12)15-10-17(22)16(18(23)11-15)7-4-13-8-19(24)21(26)20(25)9-13/h2-3,5-6,8-11H,1H3. The summed E-state index contributed by atoms with van der Waals surface area (Å²) in [4.78, 5) is 0. The zero-order valence-corrected chi connectivity index (χ0v) is 13.5. The van der Waals surface area contributed by atoms with Gasteiger partial charge in [0.2, 0.25) is 0 Å². The summed E-state index contributed by atoms with van der Waals surface area (Å²) >= 11 is 0. The molecule has 0 radical (unpaired) electrons. The predicted molar refractivity (Wildman–Crippen MR) is 88.8 cm³/mol. The lowest BCUT2D eigenvalue weighted by Crippen LogP contribution is -1.94. The molecule has 0 atom stereocenters. The van der Waals surface area contributed by atoms with Crippen molar-refractivity contribution >= 4 is 0 Å². The Labute approximate surface area is 146 Å². The molecule has 0 aliphatic heterocycles. The molecule has 0 saturated carbocycles. The van der Waals surface area contributed by atoms with Crippen molar-refractivity contribution in [1.82, 2.24) is 0 Å². The number of halogens is 5. The minimum atomic E-state index is -1.63. The second kappa shape index (κ2) is 7.01. The minimum Gasteiger partial charge on any atom is -0.205 e. The monoisotopic (exact) mass is 358 g/mol. The summed E-state index contributed by atoms with van der Waals surface area (Å²) in [6.07, 6.45) is 0. The highest BCUT2D eigenvalue weighted by Crippen LogP contribution is 2.24. The Hall–Kier alpha value is -3.13. The van der Waals surface area contributed by atoms with E-state index in [2.05, 4.69) is 11.8 Å². The molecular weight excluding hydrogens is 347 g/mol. The second-order valence-electron chi connectivity index (χ2n) is 5.68. The Morgan fingerprint density at radius 2 is 1.15 bits per heavy atom. The molecule has 5 heteroatoms. The first-order valence-electron chi connectivity index (χ1n) is 7.58. The van der Waals surface area contributed by atoms with E-state index < -0.39 is 34.6 Å². The van der Waals surface area contributed by atoms with Gasteiger partial charge in [0.1, 0.15) is 11.6 Å². The van der Waals surface area contributed by atoms with E-state index in [0.717, 1.165) is 17.7 Å². The van der Waals surface area contributed by atoms with Crippen LogP contribution in [0, 0.1) is 47.9 Å². The lowest BCUT2D eigenvalue weighted by Gasteiger charge is -2.05. The van der Waals surface area contributed by atoms with Gasteiger partial charge in [0.15, 0.2) is 17.5 Å². The lowest BCUT2D eigenvalue weighted by molar-refractivity contribution is 0.446. The van der Waals surface area contributed by atoms with E-state index in [0.29, 0.717) is 23.3 Å². The molecule has 0 bridgehead atoms. The van der Waals surface area contributed by atoms with Crippen LogP contribution in [0.5, 0.6) is 0 Å². The largest absolute Gasteiger partial charge is 0.205 e. The Balaban J connectivity index is 1.99. The topological polar surface area (TPSA) is 0 Å². The van der Waals surface area contributed by atoms with Gasteiger partial charge in [-0.05, 0) is 42.3 Å². The molecule has 0 nitrogen and oxygen atoms in total. The first kappa shape index (κ1) is 17.7. The van der Waals surface area contributed by atoms with Gasteiger partial charge < -0.3 is 0 Å². The average molecular weight is 358 g/mol. The maximum absolute atomic E-state index is 14.3. The average Bonchev–Trinajstić information content (AvgIpc) is 2.59. The van der Waals surface area contributed by atoms with Gasteiger partial charge in [-0.25, -0.2) is 22.0 Å². The van der Waals surface area contributed by atoms with E-state index in [1.807, 2.05) is 19.1 Å². The normalized spacial score (nSPS) is 10.4. The summed E-state index contributed by atoms with van der Waals surface area (Å²) in [6, 6.07) is 10.7. The van der Waals surface area contributed by atoms with Crippen molar-refractivity contribution in [3.05, 3.63) is 94.3 Å². The molecule has 0 amide bonds. The van der Waals surface area contributed by atoms with E-state index in [1.165, 1.54) is 0 Å². The van der Waals surface area contributed by atoms with Crippen molar-refractivity contribution in [2.24, 2.45) is 0 Å². The Bertz CT molecular complexity index is 994. The Morgan fingerprint density at radius 1 is 0.615 bits per heavy atom. The highest BCUT2D eigenvalue weighted by molar-refractivity contribution is 5.65. The second-order valence-corrected chi connectivity index (χ2v) is 5.68. The highest BCUT2D eigenvalue weighted by atomic mass is 19.2. The SMILES string of the molecule is Cc1ccc(-c2cc(F)c(C#Cc3cc(F)c(F)c(F)c3)c(F)c2)cc1. The molecule has 0 unspecified atom stereocenters. The van der Waals surface area contributed by atoms with Gasteiger partial charge in [0.25, 0.3) is 0 Å². The molecule has 0 saturated heterocycles. The van der Waals surface area contributed by atoms with Crippen LogP contribution >= 0.6 is 0 Å². The molecular formula is C21H11F5. The first-order chi connectivity index (χ1) is 12.3. The smallest absolute Gasteiger partial charge is 0.194 e. The van der Waals surface area contributed by atoms with Gasteiger partial charge in [-0.1, -0.05) is 41.7 Å². The summed E-state index contributed by atoms with van der Waals surface area (Å²) in [5, 5.41) is 0. The third-order valence-corrected chi connectivity index (χ3v) is 3.74. The molecule has 0 N–H and O–H groups in total. The summed E-state index contributed by atoms with van der Waals surface area (Å²) in [5.74, 6) is -1.85. The third kappa shape index (κ3) is 3.60. The molecule has 26 heavy (non-hydrogen) atoms. The highest BCUT2D eigenvalue weighted by Gasteiger charge is 2.12. The van der Waals surface area contributed by atoms with Crippen LogP contribution < -0.4 is 0 Å². The van der Waals surface area contributed by atoms with Gasteiger partial charge in [-0.15, -0.1) is 0 Å². The Morgan fingerprint density at radius 3 is 1.69 bits per heavy atom. The van der Waals surface area contributed by atoms with Crippen LogP contribution in [0.1, 0.15) is 16.7 Å². The molecule has 0 aromatic heterocycles. The van der Waals surface area contributed by atoms with Gasteiger partial charge in [-0.3, -0.25) is 0 Å². The predicted octanol–water partition coefficient (Wildman–Crippen LogP) is 5.76. The molecule has 130 valence electrons. The molecule has 3 rings (SSSR count). The van der Waals surface area contributed by atoms with E-state index >= 15 is 0 Å². The van der Waals surface area contributed by atoms with Crippen LogP contribution in [0.25, 0.3) is 11.1 Å². The van der Waals surface area contributed by atoms with Crippen molar-refractivity contribution in [3.63, 3.8) is 0 Å². The third-order valence-electron chi connectivity index (χ3n) is 3.74. The summed E-state index contributed by atoms with van der Waals surface area (Å²) in [6.45, 7) is 1.89. The fourth-order valence-corrected chi connectivity index (χ4v) is 2.37. The maximum Gasteiger partial charge on any atom is 0.194 e. The quantitative estimate of drug-likeness (QED) is 0.295. The van der Waals surface area contributed by atoms with Gasteiger partial charge >= 0.3 is 0 Å². The van der Waals surface area contributed by atoms with Crippen LogP contribution in [0.4, 0.5) is 22.0 Å². The molecule has 0 aliphatic rings. The lowest BCUT2D eigenvalue weighted by atomic mass is 10.0. The van der Waals surface area contributed by atoms with Crippen LogP contribution in [-0.2, 0) is 0 Å². The fourth-order valence-electron chi connectivity index (χ4n) is 2.37. The Kier molecular flexibility index (Phi) is 4.77. The van der Waals surface area contributed by atoms with Crippen LogP contribution in [-0.4, -0.2) is 0 Å². The zero-order valence-electron chi connectivity index (χ0n) is 13.5. The number of benzene rings is 3. The number of hydrogen-bond donors (Lipinski definition) is 0. The molecule has 3 aromatic carbocycles. The number of rotatable bonds is 1. The first-order valence-corrected chi connectivity index (χ1v) is 7.58. The summed E-state index contributed by atoms with van der Waals surface area (Å²) in [5.41, 5.74) is 1.21.